The first-order valence-electron chi connectivity index (χ1n) is 7.24. The maximum absolute atomic E-state index is 5.84. The zero-order valence-electron chi connectivity index (χ0n) is 11.5. The average molecular weight is 335 g/mol. The minimum absolute atomic E-state index is 0.00201. The highest BCUT2D eigenvalue weighted by Gasteiger charge is 2.14. The van der Waals surface area contributed by atoms with Gasteiger partial charge in [-0.05, 0) is 48.1 Å². The maximum atomic E-state index is 5.84. The molecule has 2 aromatic rings. The highest BCUT2D eigenvalue weighted by molar-refractivity contribution is 9.10. The van der Waals surface area contributed by atoms with Gasteiger partial charge < -0.3 is 9.47 Å². The van der Waals surface area contributed by atoms with Crippen LogP contribution in [0.2, 0.25) is 0 Å². The molecule has 0 spiro atoms. The van der Waals surface area contributed by atoms with Crippen molar-refractivity contribution in [1.29, 1.82) is 0 Å². The summed E-state index contributed by atoms with van der Waals surface area (Å²) < 4.78 is 12.6. The van der Waals surface area contributed by atoms with E-state index >= 15 is 0 Å². The van der Waals surface area contributed by atoms with Crippen molar-refractivity contribution in [3.63, 3.8) is 0 Å². The summed E-state index contributed by atoms with van der Waals surface area (Å²) in [6, 6.07) is 12.8. The van der Waals surface area contributed by atoms with E-state index in [1.165, 1.54) is 22.8 Å². The summed E-state index contributed by atoms with van der Waals surface area (Å²) >= 11 is 3.65. The van der Waals surface area contributed by atoms with Crippen LogP contribution in [0.15, 0.2) is 40.9 Å². The molecule has 106 valence electrons. The van der Waals surface area contributed by atoms with Crippen molar-refractivity contribution in [2.24, 2.45) is 0 Å². The molecule has 0 N–H and O–H groups in total. The van der Waals surface area contributed by atoms with Crippen LogP contribution < -0.4 is 0 Å². The van der Waals surface area contributed by atoms with Crippen LogP contribution in [0.25, 0.3) is 10.8 Å². The predicted octanol–water partition coefficient (Wildman–Crippen LogP) is 4.69. The van der Waals surface area contributed by atoms with Crippen LogP contribution in [0, 0.1) is 0 Å². The molecule has 3 heteroatoms. The van der Waals surface area contributed by atoms with Crippen LogP contribution in [0.5, 0.6) is 0 Å². The molecule has 0 bridgehead atoms. The first-order chi connectivity index (χ1) is 9.84. The van der Waals surface area contributed by atoms with E-state index in [9.17, 15) is 0 Å². The number of rotatable bonds is 4. The fourth-order valence-electron chi connectivity index (χ4n) is 2.72. The van der Waals surface area contributed by atoms with Crippen LogP contribution in [0.1, 0.15) is 24.8 Å². The molecular weight excluding hydrogens is 316 g/mol. The molecule has 1 aliphatic heterocycles. The molecule has 0 amide bonds. The molecule has 1 heterocycles. The lowest BCUT2D eigenvalue weighted by atomic mass is 10.0. The Hall–Kier alpha value is -0.900. The molecule has 3 rings (SSSR count). The molecule has 0 aromatic heterocycles. The Bertz CT molecular complexity index is 571. The Morgan fingerprint density at radius 2 is 2.00 bits per heavy atom. The SMILES string of the molecule is Brc1cccc2cccc(CCOC3CCCCO3)c12. The second-order valence-electron chi connectivity index (χ2n) is 5.17. The van der Waals surface area contributed by atoms with Crippen molar-refractivity contribution in [3.8, 4) is 0 Å². The molecule has 1 atom stereocenters. The molecule has 0 radical (unpaired) electrons. The van der Waals surface area contributed by atoms with Gasteiger partial charge in [0.05, 0.1) is 6.61 Å². The van der Waals surface area contributed by atoms with Gasteiger partial charge in [-0.15, -0.1) is 0 Å². The Balaban J connectivity index is 1.68. The summed E-state index contributed by atoms with van der Waals surface area (Å²) in [5.41, 5.74) is 1.32. The fourth-order valence-corrected chi connectivity index (χ4v) is 3.36. The van der Waals surface area contributed by atoms with Gasteiger partial charge in [0.2, 0.25) is 0 Å². The number of benzene rings is 2. The second-order valence-corrected chi connectivity index (χ2v) is 6.03. The Morgan fingerprint density at radius 1 is 1.15 bits per heavy atom. The minimum atomic E-state index is 0.00201. The third-order valence-electron chi connectivity index (χ3n) is 3.75. The molecule has 1 fully saturated rings. The quantitative estimate of drug-likeness (QED) is 0.807. The number of ether oxygens (including phenoxy) is 2. The highest BCUT2D eigenvalue weighted by Crippen LogP contribution is 2.27. The zero-order chi connectivity index (χ0) is 13.8. The van der Waals surface area contributed by atoms with E-state index in [1.54, 1.807) is 0 Å². The highest BCUT2D eigenvalue weighted by atomic mass is 79.9. The first kappa shape index (κ1) is 14.1. The normalized spacial score (nSPS) is 19.4. The first-order valence-corrected chi connectivity index (χ1v) is 8.03. The van der Waals surface area contributed by atoms with Gasteiger partial charge in [-0.25, -0.2) is 0 Å². The molecule has 1 saturated heterocycles. The Kier molecular flexibility index (Phi) is 4.71. The summed E-state index contributed by atoms with van der Waals surface area (Å²) in [6.07, 6.45) is 4.32. The van der Waals surface area contributed by atoms with E-state index in [0.717, 1.165) is 30.3 Å². The second kappa shape index (κ2) is 6.70. The third-order valence-corrected chi connectivity index (χ3v) is 4.41. The molecule has 1 unspecified atom stereocenters. The van der Waals surface area contributed by atoms with E-state index in [1.807, 2.05) is 0 Å². The van der Waals surface area contributed by atoms with E-state index < -0.39 is 0 Å². The lowest BCUT2D eigenvalue weighted by molar-refractivity contribution is -0.161. The summed E-state index contributed by atoms with van der Waals surface area (Å²) in [7, 11) is 0. The zero-order valence-corrected chi connectivity index (χ0v) is 13.1. The van der Waals surface area contributed by atoms with Crippen LogP contribution in [0.4, 0.5) is 0 Å². The number of halogens is 1. The Labute approximate surface area is 128 Å². The smallest absolute Gasteiger partial charge is 0.157 e. The summed E-state index contributed by atoms with van der Waals surface area (Å²) in [6.45, 7) is 1.55. The van der Waals surface area contributed by atoms with Gasteiger partial charge in [-0.2, -0.15) is 0 Å². The predicted molar refractivity (Wildman–Crippen MR) is 84.9 cm³/mol. The molecule has 1 aliphatic rings. The van der Waals surface area contributed by atoms with Crippen molar-refractivity contribution >= 4 is 26.7 Å². The largest absolute Gasteiger partial charge is 0.353 e. The molecular formula is C17H19BrO2. The van der Waals surface area contributed by atoms with Crippen molar-refractivity contribution in [1.82, 2.24) is 0 Å². The van der Waals surface area contributed by atoms with E-state index in [0.29, 0.717) is 6.61 Å². The lowest BCUT2D eigenvalue weighted by Gasteiger charge is -2.22. The van der Waals surface area contributed by atoms with Crippen LogP contribution in [0.3, 0.4) is 0 Å². The third kappa shape index (κ3) is 3.22. The van der Waals surface area contributed by atoms with Crippen LogP contribution >= 0.6 is 15.9 Å². The lowest BCUT2D eigenvalue weighted by Crippen LogP contribution is -2.23. The average Bonchev–Trinajstić information content (AvgIpc) is 2.49. The topological polar surface area (TPSA) is 18.5 Å². The van der Waals surface area contributed by atoms with Gasteiger partial charge in [-0.1, -0.05) is 46.3 Å². The molecule has 2 nitrogen and oxygen atoms in total. The van der Waals surface area contributed by atoms with Crippen molar-refractivity contribution < 1.29 is 9.47 Å². The molecule has 2 aromatic carbocycles. The standard InChI is InChI=1S/C17H19BrO2/c18-15-8-4-7-13-5-3-6-14(17(13)15)10-12-20-16-9-1-2-11-19-16/h3-8,16H,1-2,9-12H2. The van der Waals surface area contributed by atoms with Crippen molar-refractivity contribution in [2.75, 3.05) is 13.2 Å². The summed E-state index contributed by atoms with van der Waals surface area (Å²) in [5, 5.41) is 2.56. The maximum Gasteiger partial charge on any atom is 0.157 e. The van der Waals surface area contributed by atoms with Crippen LogP contribution in [-0.2, 0) is 15.9 Å². The molecule has 0 aliphatic carbocycles. The Morgan fingerprint density at radius 3 is 2.80 bits per heavy atom. The van der Waals surface area contributed by atoms with Crippen LogP contribution in [-0.4, -0.2) is 19.5 Å². The summed E-state index contributed by atoms with van der Waals surface area (Å²) in [5.74, 6) is 0. The van der Waals surface area contributed by atoms with Crippen molar-refractivity contribution in [3.05, 3.63) is 46.4 Å². The van der Waals surface area contributed by atoms with Gasteiger partial charge in [0.15, 0.2) is 6.29 Å². The molecule has 0 saturated carbocycles. The van der Waals surface area contributed by atoms with Gasteiger partial charge >= 0.3 is 0 Å². The van der Waals surface area contributed by atoms with E-state index in [2.05, 4.69) is 52.3 Å². The monoisotopic (exact) mass is 334 g/mol. The minimum Gasteiger partial charge on any atom is -0.353 e. The number of hydrogen-bond acceptors (Lipinski definition) is 2. The summed E-state index contributed by atoms with van der Waals surface area (Å²) in [4.78, 5) is 0. The van der Waals surface area contributed by atoms with Gasteiger partial charge in [0.1, 0.15) is 0 Å². The van der Waals surface area contributed by atoms with E-state index in [4.69, 9.17) is 9.47 Å². The fraction of sp³-hybridized carbons (Fsp3) is 0.412. The number of fused-ring (bicyclic) bond motifs is 1. The van der Waals surface area contributed by atoms with Gasteiger partial charge in [0.25, 0.3) is 0 Å². The van der Waals surface area contributed by atoms with E-state index in [-0.39, 0.29) is 6.29 Å². The van der Waals surface area contributed by atoms with Gasteiger partial charge in [-0.3, -0.25) is 0 Å². The molecule has 20 heavy (non-hydrogen) atoms. The number of hydrogen-bond donors (Lipinski definition) is 0. The van der Waals surface area contributed by atoms with Crippen molar-refractivity contribution in [2.45, 2.75) is 32.0 Å². The van der Waals surface area contributed by atoms with Gasteiger partial charge in [0, 0.05) is 11.1 Å².